The van der Waals surface area contributed by atoms with E-state index in [4.69, 9.17) is 23.2 Å². The number of hydrogen-bond acceptors (Lipinski definition) is 4. The summed E-state index contributed by atoms with van der Waals surface area (Å²) in [6.07, 6.45) is 0. The van der Waals surface area contributed by atoms with Gasteiger partial charge < -0.3 is 10.6 Å². The minimum Gasteiger partial charge on any atom is -0.383 e. The third-order valence-electron chi connectivity index (χ3n) is 3.50. The third-order valence-corrected chi connectivity index (χ3v) is 4.06. The van der Waals surface area contributed by atoms with Crippen LogP contribution < -0.4 is 10.6 Å². The Morgan fingerprint density at radius 2 is 1.92 bits per heavy atom. The molecule has 24 heavy (non-hydrogen) atoms. The van der Waals surface area contributed by atoms with Crippen LogP contribution >= 0.6 is 23.2 Å². The molecule has 0 fully saturated rings. The van der Waals surface area contributed by atoms with Gasteiger partial charge in [0.25, 0.3) is 11.6 Å². The van der Waals surface area contributed by atoms with Gasteiger partial charge in [0.15, 0.2) is 0 Å². The first kappa shape index (κ1) is 18.0. The smallest absolute Gasteiger partial charge is 0.293 e. The van der Waals surface area contributed by atoms with Crippen molar-refractivity contribution in [1.82, 2.24) is 5.32 Å². The van der Waals surface area contributed by atoms with Gasteiger partial charge in [-0.2, -0.15) is 0 Å². The SMILES string of the molecule is CNc1ccc(C(=O)N[C@@H](C)c2ccc(Cl)cc2Cl)cc1[N+](=O)[O-]. The summed E-state index contributed by atoms with van der Waals surface area (Å²) in [6, 6.07) is 8.85. The van der Waals surface area contributed by atoms with Gasteiger partial charge in [-0.25, -0.2) is 0 Å². The average molecular weight is 368 g/mol. The number of rotatable bonds is 5. The molecule has 0 saturated carbocycles. The number of nitrogens with zero attached hydrogens (tertiary/aromatic N) is 1. The Kier molecular flexibility index (Phi) is 5.64. The summed E-state index contributed by atoms with van der Waals surface area (Å²) < 4.78 is 0. The molecule has 0 spiro atoms. The van der Waals surface area contributed by atoms with Crippen LogP contribution in [0.25, 0.3) is 0 Å². The van der Waals surface area contributed by atoms with Gasteiger partial charge in [-0.15, -0.1) is 0 Å². The lowest BCUT2D eigenvalue weighted by molar-refractivity contribution is -0.384. The summed E-state index contributed by atoms with van der Waals surface area (Å²) in [6.45, 7) is 1.77. The van der Waals surface area contributed by atoms with E-state index >= 15 is 0 Å². The number of hydrogen-bond donors (Lipinski definition) is 2. The number of amides is 1. The fourth-order valence-electron chi connectivity index (χ4n) is 2.25. The van der Waals surface area contributed by atoms with Crippen molar-refractivity contribution in [2.24, 2.45) is 0 Å². The van der Waals surface area contributed by atoms with E-state index in [2.05, 4.69) is 10.6 Å². The van der Waals surface area contributed by atoms with Crippen LogP contribution in [0, 0.1) is 10.1 Å². The van der Waals surface area contributed by atoms with Gasteiger partial charge in [-0.1, -0.05) is 29.3 Å². The lowest BCUT2D eigenvalue weighted by Gasteiger charge is -2.16. The minimum absolute atomic E-state index is 0.165. The molecule has 0 aromatic heterocycles. The lowest BCUT2D eigenvalue weighted by atomic mass is 10.1. The molecule has 1 atom stereocenters. The van der Waals surface area contributed by atoms with Gasteiger partial charge in [-0.05, 0) is 36.8 Å². The highest BCUT2D eigenvalue weighted by Gasteiger charge is 2.19. The van der Waals surface area contributed by atoms with Crippen molar-refractivity contribution in [3.63, 3.8) is 0 Å². The molecule has 0 saturated heterocycles. The van der Waals surface area contributed by atoms with Crippen molar-refractivity contribution < 1.29 is 9.72 Å². The Bertz CT molecular complexity index is 796. The molecular formula is C16H15Cl2N3O3. The molecule has 0 aliphatic carbocycles. The highest BCUT2D eigenvalue weighted by Crippen LogP contribution is 2.28. The van der Waals surface area contributed by atoms with Crippen LogP contribution in [0.2, 0.25) is 10.0 Å². The van der Waals surface area contributed by atoms with Crippen molar-refractivity contribution in [2.45, 2.75) is 13.0 Å². The highest BCUT2D eigenvalue weighted by molar-refractivity contribution is 6.35. The molecule has 2 rings (SSSR count). The Hall–Kier alpha value is -2.31. The highest BCUT2D eigenvalue weighted by atomic mass is 35.5. The van der Waals surface area contributed by atoms with E-state index in [0.717, 1.165) is 0 Å². The molecule has 0 radical (unpaired) electrons. The molecule has 2 N–H and O–H groups in total. The summed E-state index contributed by atoms with van der Waals surface area (Å²) in [4.78, 5) is 22.9. The molecule has 2 aromatic rings. The van der Waals surface area contributed by atoms with Crippen molar-refractivity contribution in [1.29, 1.82) is 0 Å². The molecule has 0 aliphatic heterocycles. The summed E-state index contributed by atoms with van der Waals surface area (Å²) in [5, 5.41) is 17.5. The zero-order valence-corrected chi connectivity index (χ0v) is 14.5. The minimum atomic E-state index is -0.540. The molecule has 2 aromatic carbocycles. The van der Waals surface area contributed by atoms with Crippen LogP contribution in [0.4, 0.5) is 11.4 Å². The van der Waals surface area contributed by atoms with Crippen LogP contribution in [-0.4, -0.2) is 17.9 Å². The number of halogens is 2. The van der Waals surface area contributed by atoms with Crippen LogP contribution in [-0.2, 0) is 0 Å². The Morgan fingerprint density at radius 3 is 2.50 bits per heavy atom. The molecule has 8 heteroatoms. The summed E-state index contributed by atoms with van der Waals surface area (Å²) in [5.74, 6) is -0.431. The first-order valence-corrected chi connectivity index (χ1v) is 7.81. The zero-order chi connectivity index (χ0) is 17.9. The predicted molar refractivity (Wildman–Crippen MR) is 95.0 cm³/mol. The van der Waals surface area contributed by atoms with E-state index in [0.29, 0.717) is 21.3 Å². The summed E-state index contributed by atoms with van der Waals surface area (Å²) >= 11 is 12.0. The first-order valence-electron chi connectivity index (χ1n) is 7.05. The molecule has 0 aliphatic rings. The normalized spacial score (nSPS) is 11.7. The molecule has 1 amide bonds. The number of nitro groups is 1. The van der Waals surface area contributed by atoms with Crippen molar-refractivity contribution in [2.75, 3.05) is 12.4 Å². The number of nitrogens with one attached hydrogen (secondary N) is 2. The van der Waals surface area contributed by atoms with Gasteiger partial charge >= 0.3 is 0 Å². The molecule has 0 bridgehead atoms. The van der Waals surface area contributed by atoms with Crippen LogP contribution in [0.5, 0.6) is 0 Å². The summed E-state index contributed by atoms with van der Waals surface area (Å²) in [5.41, 5.74) is 1.07. The largest absolute Gasteiger partial charge is 0.383 e. The number of nitro benzene ring substituents is 1. The van der Waals surface area contributed by atoms with Crippen molar-refractivity contribution in [3.8, 4) is 0 Å². The number of carbonyl (C=O) groups is 1. The van der Waals surface area contributed by atoms with Crippen LogP contribution in [0.1, 0.15) is 28.9 Å². The number of anilines is 1. The van der Waals surface area contributed by atoms with E-state index in [1.165, 1.54) is 18.2 Å². The summed E-state index contributed by atoms with van der Waals surface area (Å²) in [7, 11) is 1.58. The maximum atomic E-state index is 12.4. The van der Waals surface area contributed by atoms with Gasteiger partial charge in [0.1, 0.15) is 5.69 Å². The van der Waals surface area contributed by atoms with Crippen LogP contribution in [0.15, 0.2) is 36.4 Å². The standard InChI is InChI=1S/C16H15Cl2N3O3/c1-9(12-5-4-11(17)8-13(12)18)20-16(22)10-3-6-14(19-2)15(7-10)21(23)24/h3-9,19H,1-2H3,(H,20,22)/t9-/m0/s1. The second-order valence-corrected chi connectivity index (χ2v) is 5.94. The molecular weight excluding hydrogens is 353 g/mol. The van der Waals surface area contributed by atoms with E-state index in [-0.39, 0.29) is 17.3 Å². The Balaban J connectivity index is 2.23. The molecule has 6 nitrogen and oxygen atoms in total. The maximum Gasteiger partial charge on any atom is 0.293 e. The van der Waals surface area contributed by atoms with E-state index in [1.54, 1.807) is 32.2 Å². The van der Waals surface area contributed by atoms with Crippen molar-refractivity contribution >= 4 is 40.5 Å². The molecule has 0 unspecified atom stereocenters. The van der Waals surface area contributed by atoms with E-state index < -0.39 is 10.8 Å². The Morgan fingerprint density at radius 1 is 1.21 bits per heavy atom. The quantitative estimate of drug-likeness (QED) is 0.604. The maximum absolute atomic E-state index is 12.4. The number of carbonyl (C=O) groups excluding carboxylic acids is 1. The van der Waals surface area contributed by atoms with Gasteiger partial charge in [0.2, 0.25) is 0 Å². The third kappa shape index (κ3) is 3.96. The Labute approximate surface area is 148 Å². The second kappa shape index (κ2) is 7.51. The topological polar surface area (TPSA) is 84.3 Å². The zero-order valence-electron chi connectivity index (χ0n) is 13.0. The lowest BCUT2D eigenvalue weighted by Crippen LogP contribution is -2.26. The number of benzene rings is 2. The average Bonchev–Trinajstić information content (AvgIpc) is 2.53. The van der Waals surface area contributed by atoms with E-state index in [9.17, 15) is 14.9 Å². The first-order chi connectivity index (χ1) is 11.3. The fourth-order valence-corrected chi connectivity index (χ4v) is 2.82. The molecule has 0 heterocycles. The van der Waals surface area contributed by atoms with Crippen LogP contribution in [0.3, 0.4) is 0 Å². The van der Waals surface area contributed by atoms with Gasteiger partial charge in [-0.3, -0.25) is 14.9 Å². The van der Waals surface area contributed by atoms with Gasteiger partial charge in [0, 0.05) is 28.7 Å². The van der Waals surface area contributed by atoms with Gasteiger partial charge in [0.05, 0.1) is 11.0 Å². The van der Waals surface area contributed by atoms with Crippen molar-refractivity contribution in [3.05, 3.63) is 67.7 Å². The second-order valence-electron chi connectivity index (χ2n) is 5.10. The fraction of sp³-hybridized carbons (Fsp3) is 0.188. The monoisotopic (exact) mass is 367 g/mol. The van der Waals surface area contributed by atoms with E-state index in [1.807, 2.05) is 0 Å². The molecule has 126 valence electrons. The predicted octanol–water partition coefficient (Wildman–Crippen LogP) is 4.43.